The molecule has 5 heteroatoms. The first kappa shape index (κ1) is 13.4. The highest BCUT2D eigenvalue weighted by atomic mass is 19.1. The van der Waals surface area contributed by atoms with Crippen LogP contribution < -0.4 is 5.32 Å². The summed E-state index contributed by atoms with van der Waals surface area (Å²) in [6, 6.07) is 4.32. The quantitative estimate of drug-likeness (QED) is 0.810. The maximum atomic E-state index is 13.0. The van der Waals surface area contributed by atoms with Gasteiger partial charge in [0.05, 0.1) is 6.54 Å². The van der Waals surface area contributed by atoms with Gasteiger partial charge < -0.3 is 15.3 Å². The molecule has 17 heavy (non-hydrogen) atoms. The van der Waals surface area contributed by atoms with E-state index in [1.165, 1.54) is 12.1 Å². The Kier molecular flexibility index (Phi) is 4.90. The number of carbonyl (C=O) groups is 1. The molecule has 0 saturated carbocycles. The van der Waals surface area contributed by atoms with E-state index in [1.54, 1.807) is 18.0 Å². The van der Waals surface area contributed by atoms with Crippen molar-refractivity contribution in [2.45, 2.75) is 13.5 Å². The van der Waals surface area contributed by atoms with Gasteiger partial charge in [0.1, 0.15) is 0 Å². The number of halogens is 1. The number of nitrogens with zero attached hydrogens (tertiary/aromatic N) is 1. The molecule has 1 rings (SSSR count). The van der Waals surface area contributed by atoms with Crippen LogP contribution in [-0.4, -0.2) is 36.1 Å². The molecule has 0 bridgehead atoms. The van der Waals surface area contributed by atoms with E-state index < -0.39 is 5.82 Å². The van der Waals surface area contributed by atoms with E-state index >= 15 is 0 Å². The zero-order valence-corrected chi connectivity index (χ0v) is 10.0. The van der Waals surface area contributed by atoms with E-state index in [2.05, 4.69) is 5.32 Å². The molecule has 0 spiro atoms. The van der Waals surface area contributed by atoms with Crippen molar-refractivity contribution >= 4 is 5.91 Å². The standard InChI is InChI=1S/C12H17FN2O2/c1-3-15(2)11(16)8-14-7-9-5-4-6-10(13)12(9)17/h4-6,14,17H,3,7-8H2,1-2H3. The number of aromatic hydroxyl groups is 1. The Morgan fingerprint density at radius 3 is 2.88 bits per heavy atom. The number of phenols is 1. The summed E-state index contributed by atoms with van der Waals surface area (Å²) in [6.07, 6.45) is 0. The van der Waals surface area contributed by atoms with E-state index in [9.17, 15) is 14.3 Å². The molecule has 0 unspecified atom stereocenters. The number of carbonyl (C=O) groups excluding carboxylic acids is 1. The smallest absolute Gasteiger partial charge is 0.236 e. The normalized spacial score (nSPS) is 10.3. The van der Waals surface area contributed by atoms with Crippen molar-refractivity contribution in [2.75, 3.05) is 20.1 Å². The van der Waals surface area contributed by atoms with E-state index in [0.717, 1.165) is 0 Å². The van der Waals surface area contributed by atoms with Crippen LogP contribution in [0.25, 0.3) is 0 Å². The van der Waals surface area contributed by atoms with E-state index in [1.807, 2.05) is 6.92 Å². The van der Waals surface area contributed by atoms with Crippen LogP contribution in [0.3, 0.4) is 0 Å². The van der Waals surface area contributed by atoms with Crippen molar-refractivity contribution in [3.63, 3.8) is 0 Å². The van der Waals surface area contributed by atoms with Gasteiger partial charge in [-0.1, -0.05) is 12.1 Å². The van der Waals surface area contributed by atoms with Crippen LogP contribution in [0.1, 0.15) is 12.5 Å². The van der Waals surface area contributed by atoms with Crippen molar-refractivity contribution in [1.29, 1.82) is 0 Å². The average Bonchev–Trinajstić information content (AvgIpc) is 2.33. The number of hydrogen-bond donors (Lipinski definition) is 2. The number of para-hydroxylation sites is 1. The predicted molar refractivity (Wildman–Crippen MR) is 63.1 cm³/mol. The monoisotopic (exact) mass is 240 g/mol. The summed E-state index contributed by atoms with van der Waals surface area (Å²) in [5.41, 5.74) is 0.442. The van der Waals surface area contributed by atoms with Gasteiger partial charge in [0.25, 0.3) is 0 Å². The maximum Gasteiger partial charge on any atom is 0.236 e. The maximum absolute atomic E-state index is 13.0. The Labute approximate surface area is 100 Å². The minimum absolute atomic E-state index is 0.0385. The molecule has 0 heterocycles. The Hall–Kier alpha value is -1.62. The van der Waals surface area contributed by atoms with Crippen molar-refractivity contribution in [3.05, 3.63) is 29.6 Å². The molecule has 0 aliphatic rings. The summed E-state index contributed by atoms with van der Waals surface area (Å²) < 4.78 is 13.0. The molecular formula is C12H17FN2O2. The van der Waals surface area contributed by atoms with Gasteiger partial charge in [0.2, 0.25) is 5.91 Å². The Morgan fingerprint density at radius 1 is 1.53 bits per heavy atom. The summed E-state index contributed by atoms with van der Waals surface area (Å²) in [5, 5.41) is 12.3. The van der Waals surface area contributed by atoms with Crippen molar-refractivity contribution in [1.82, 2.24) is 10.2 Å². The topological polar surface area (TPSA) is 52.6 Å². The highest BCUT2D eigenvalue weighted by Crippen LogP contribution is 2.19. The second kappa shape index (κ2) is 6.20. The summed E-state index contributed by atoms with van der Waals surface area (Å²) in [7, 11) is 1.71. The van der Waals surface area contributed by atoms with Crippen molar-refractivity contribution < 1.29 is 14.3 Å². The predicted octanol–water partition coefficient (Wildman–Crippen LogP) is 1.10. The van der Waals surface area contributed by atoms with Crippen LogP contribution in [0.2, 0.25) is 0 Å². The second-order valence-electron chi connectivity index (χ2n) is 3.76. The molecule has 94 valence electrons. The van der Waals surface area contributed by atoms with Gasteiger partial charge in [-0.3, -0.25) is 4.79 Å². The first-order valence-electron chi connectivity index (χ1n) is 5.47. The number of phenolic OH excluding ortho intramolecular Hbond substituents is 1. The van der Waals surface area contributed by atoms with E-state index in [-0.39, 0.29) is 24.7 Å². The lowest BCUT2D eigenvalue weighted by Crippen LogP contribution is -2.35. The summed E-state index contributed by atoms with van der Waals surface area (Å²) in [5.74, 6) is -1.05. The zero-order chi connectivity index (χ0) is 12.8. The van der Waals surface area contributed by atoms with Gasteiger partial charge >= 0.3 is 0 Å². The van der Waals surface area contributed by atoms with Crippen LogP contribution in [0.15, 0.2) is 18.2 Å². The van der Waals surface area contributed by atoms with Crippen LogP contribution in [0.5, 0.6) is 5.75 Å². The first-order chi connectivity index (χ1) is 8.06. The second-order valence-corrected chi connectivity index (χ2v) is 3.76. The molecule has 0 fully saturated rings. The largest absolute Gasteiger partial charge is 0.505 e. The van der Waals surface area contributed by atoms with Gasteiger partial charge in [-0.05, 0) is 13.0 Å². The number of rotatable bonds is 5. The van der Waals surface area contributed by atoms with Gasteiger partial charge in [-0.15, -0.1) is 0 Å². The third-order valence-corrected chi connectivity index (χ3v) is 2.56. The molecule has 0 aliphatic carbocycles. The Morgan fingerprint density at radius 2 is 2.24 bits per heavy atom. The summed E-state index contributed by atoms with van der Waals surface area (Å²) in [4.78, 5) is 13.0. The lowest BCUT2D eigenvalue weighted by molar-refractivity contribution is -0.128. The lowest BCUT2D eigenvalue weighted by atomic mass is 10.2. The van der Waals surface area contributed by atoms with Gasteiger partial charge in [0.15, 0.2) is 11.6 Å². The molecule has 0 radical (unpaired) electrons. The molecule has 2 N–H and O–H groups in total. The number of amides is 1. The average molecular weight is 240 g/mol. The SMILES string of the molecule is CCN(C)C(=O)CNCc1cccc(F)c1O. The molecule has 0 aliphatic heterocycles. The molecule has 0 saturated heterocycles. The van der Waals surface area contributed by atoms with Crippen molar-refractivity contribution in [2.24, 2.45) is 0 Å². The van der Waals surface area contributed by atoms with Crippen molar-refractivity contribution in [3.8, 4) is 5.75 Å². The fourth-order valence-corrected chi connectivity index (χ4v) is 1.32. The molecule has 0 aromatic heterocycles. The molecule has 1 aromatic rings. The summed E-state index contributed by atoms with van der Waals surface area (Å²) in [6.45, 7) is 2.95. The number of hydrogen-bond acceptors (Lipinski definition) is 3. The van der Waals surface area contributed by atoms with E-state index in [4.69, 9.17) is 0 Å². The molecule has 1 aromatic carbocycles. The molecule has 4 nitrogen and oxygen atoms in total. The highest BCUT2D eigenvalue weighted by Gasteiger charge is 2.08. The fourth-order valence-electron chi connectivity index (χ4n) is 1.32. The molecular weight excluding hydrogens is 223 g/mol. The summed E-state index contributed by atoms with van der Waals surface area (Å²) >= 11 is 0. The van der Waals surface area contributed by atoms with Crippen LogP contribution in [0.4, 0.5) is 4.39 Å². The Bertz CT molecular complexity index is 396. The fraction of sp³-hybridized carbons (Fsp3) is 0.417. The minimum Gasteiger partial charge on any atom is -0.505 e. The number of nitrogens with one attached hydrogen (secondary N) is 1. The highest BCUT2D eigenvalue weighted by molar-refractivity contribution is 5.77. The van der Waals surface area contributed by atoms with Gasteiger partial charge in [-0.25, -0.2) is 4.39 Å². The first-order valence-corrected chi connectivity index (χ1v) is 5.47. The minimum atomic E-state index is -0.652. The van der Waals surface area contributed by atoms with E-state index in [0.29, 0.717) is 12.1 Å². The zero-order valence-electron chi connectivity index (χ0n) is 10.0. The number of likely N-dealkylation sites (N-methyl/N-ethyl adjacent to an activating group) is 1. The third kappa shape index (κ3) is 3.71. The van der Waals surface area contributed by atoms with Crippen LogP contribution in [0, 0.1) is 5.82 Å². The number of benzene rings is 1. The molecule has 0 atom stereocenters. The Balaban J connectivity index is 2.46. The van der Waals surface area contributed by atoms with Crippen LogP contribution in [-0.2, 0) is 11.3 Å². The third-order valence-electron chi connectivity index (χ3n) is 2.56. The van der Waals surface area contributed by atoms with Gasteiger partial charge in [-0.2, -0.15) is 0 Å². The van der Waals surface area contributed by atoms with Gasteiger partial charge in [0, 0.05) is 25.7 Å². The lowest BCUT2D eigenvalue weighted by Gasteiger charge is -2.15. The molecule has 1 amide bonds. The van der Waals surface area contributed by atoms with Crippen LogP contribution >= 0.6 is 0 Å².